The van der Waals surface area contributed by atoms with Crippen molar-refractivity contribution in [2.45, 2.75) is 19.9 Å². The molecular formula is C19H21NO3S. The van der Waals surface area contributed by atoms with Gasteiger partial charge >= 0.3 is 0 Å². The van der Waals surface area contributed by atoms with E-state index in [2.05, 4.69) is 13.0 Å². The van der Waals surface area contributed by atoms with Crippen LogP contribution in [0.2, 0.25) is 0 Å². The summed E-state index contributed by atoms with van der Waals surface area (Å²) in [7, 11) is 3.27. The van der Waals surface area contributed by atoms with Crippen molar-refractivity contribution in [2.75, 3.05) is 20.8 Å². The molecule has 1 amide bonds. The summed E-state index contributed by atoms with van der Waals surface area (Å²) in [6.45, 7) is 3.37. The van der Waals surface area contributed by atoms with Gasteiger partial charge in [-0.05, 0) is 59.7 Å². The lowest BCUT2D eigenvalue weighted by atomic mass is 9.98. The molecule has 5 heteroatoms. The lowest BCUT2D eigenvalue weighted by molar-refractivity contribution is -0.126. The van der Waals surface area contributed by atoms with Gasteiger partial charge in [-0.3, -0.25) is 4.79 Å². The van der Waals surface area contributed by atoms with Gasteiger partial charge in [0.2, 0.25) is 5.91 Å². The Morgan fingerprint density at radius 2 is 1.92 bits per heavy atom. The average Bonchev–Trinajstić information content (AvgIpc) is 3.02. The molecule has 1 aliphatic heterocycles. The van der Waals surface area contributed by atoms with E-state index in [0.717, 1.165) is 29.2 Å². The second-order valence-electron chi connectivity index (χ2n) is 5.79. The molecule has 0 saturated heterocycles. The number of hydrogen-bond donors (Lipinski definition) is 0. The van der Waals surface area contributed by atoms with Crippen molar-refractivity contribution in [3.63, 3.8) is 0 Å². The summed E-state index contributed by atoms with van der Waals surface area (Å²) in [5.41, 5.74) is 3.53. The van der Waals surface area contributed by atoms with Gasteiger partial charge in [-0.1, -0.05) is 0 Å². The van der Waals surface area contributed by atoms with Gasteiger partial charge in [0, 0.05) is 24.0 Å². The Kier molecular flexibility index (Phi) is 4.90. The van der Waals surface area contributed by atoms with Crippen molar-refractivity contribution in [1.82, 2.24) is 4.90 Å². The molecule has 2 aromatic rings. The third-order valence-electron chi connectivity index (χ3n) is 4.31. The zero-order valence-corrected chi connectivity index (χ0v) is 15.0. The zero-order valence-electron chi connectivity index (χ0n) is 14.2. The first-order valence-electron chi connectivity index (χ1n) is 7.87. The average molecular weight is 343 g/mol. The third kappa shape index (κ3) is 3.31. The fourth-order valence-corrected chi connectivity index (χ4v) is 3.70. The fourth-order valence-electron chi connectivity index (χ4n) is 2.88. The monoisotopic (exact) mass is 343 g/mol. The Balaban J connectivity index is 1.76. The van der Waals surface area contributed by atoms with Crippen LogP contribution in [0.5, 0.6) is 11.5 Å². The third-order valence-corrected chi connectivity index (χ3v) is 5.29. The van der Waals surface area contributed by atoms with E-state index < -0.39 is 0 Å². The molecule has 2 heterocycles. The number of methoxy groups -OCH3 is 2. The summed E-state index contributed by atoms with van der Waals surface area (Å²) in [5.74, 6) is 1.49. The standard InChI is InChI=1S/C19H21NO3S/c1-13-7-9-24-18(13)4-5-19(21)20-8-6-14-10-16(22-2)17(23-3)11-15(14)12-20/h4-5,7,9-11H,6,8,12H2,1-3H3/b5-4+. The number of thiophene rings is 1. The first kappa shape index (κ1) is 16.6. The Hall–Kier alpha value is -2.27. The Morgan fingerprint density at radius 3 is 2.54 bits per heavy atom. The molecule has 1 aliphatic rings. The number of benzene rings is 1. The maximum atomic E-state index is 12.5. The Morgan fingerprint density at radius 1 is 1.21 bits per heavy atom. The summed E-state index contributed by atoms with van der Waals surface area (Å²) in [6, 6.07) is 6.05. The SMILES string of the molecule is COc1cc2c(cc1OC)CN(C(=O)/C=C/c1sccc1C)CC2. The molecule has 1 aromatic heterocycles. The van der Waals surface area contributed by atoms with Crippen LogP contribution in [0.15, 0.2) is 29.7 Å². The molecule has 0 radical (unpaired) electrons. The van der Waals surface area contributed by atoms with E-state index in [1.165, 1.54) is 11.1 Å². The molecule has 0 spiro atoms. The van der Waals surface area contributed by atoms with Gasteiger partial charge in [-0.25, -0.2) is 0 Å². The molecule has 4 nitrogen and oxygen atoms in total. The molecule has 0 bridgehead atoms. The van der Waals surface area contributed by atoms with Gasteiger partial charge < -0.3 is 14.4 Å². The van der Waals surface area contributed by atoms with Crippen molar-refractivity contribution in [1.29, 1.82) is 0 Å². The Bertz CT molecular complexity index is 779. The molecular weight excluding hydrogens is 322 g/mol. The molecule has 0 aliphatic carbocycles. The summed E-state index contributed by atoms with van der Waals surface area (Å²) in [5, 5.41) is 2.04. The van der Waals surface area contributed by atoms with E-state index in [-0.39, 0.29) is 5.91 Å². The highest BCUT2D eigenvalue weighted by Gasteiger charge is 2.21. The van der Waals surface area contributed by atoms with Crippen molar-refractivity contribution in [3.8, 4) is 11.5 Å². The number of amides is 1. The van der Waals surface area contributed by atoms with Crippen molar-refractivity contribution < 1.29 is 14.3 Å². The molecule has 0 fully saturated rings. The van der Waals surface area contributed by atoms with E-state index in [4.69, 9.17) is 9.47 Å². The number of ether oxygens (including phenoxy) is 2. The molecule has 126 valence electrons. The fraction of sp³-hybridized carbons (Fsp3) is 0.316. The van der Waals surface area contributed by atoms with E-state index in [1.54, 1.807) is 31.6 Å². The van der Waals surface area contributed by atoms with E-state index in [9.17, 15) is 4.79 Å². The van der Waals surface area contributed by atoms with Gasteiger partial charge in [0.15, 0.2) is 11.5 Å². The van der Waals surface area contributed by atoms with Crippen LogP contribution in [0.25, 0.3) is 6.08 Å². The second kappa shape index (κ2) is 7.09. The molecule has 0 saturated carbocycles. The van der Waals surface area contributed by atoms with Crippen LogP contribution in [0.4, 0.5) is 0 Å². The predicted octanol–water partition coefficient (Wildman–Crippen LogP) is 3.67. The van der Waals surface area contributed by atoms with Gasteiger partial charge in [0.05, 0.1) is 14.2 Å². The highest BCUT2D eigenvalue weighted by atomic mass is 32.1. The van der Waals surface area contributed by atoms with Crippen LogP contribution in [-0.2, 0) is 17.8 Å². The minimum Gasteiger partial charge on any atom is -0.493 e. The quantitative estimate of drug-likeness (QED) is 0.795. The molecule has 0 unspecified atom stereocenters. The van der Waals surface area contributed by atoms with E-state index >= 15 is 0 Å². The maximum absolute atomic E-state index is 12.5. The molecule has 0 atom stereocenters. The lowest BCUT2D eigenvalue weighted by Crippen LogP contribution is -2.34. The number of nitrogens with zero attached hydrogens (tertiary/aromatic N) is 1. The first-order valence-corrected chi connectivity index (χ1v) is 8.75. The van der Waals surface area contributed by atoms with Crippen LogP contribution in [0.3, 0.4) is 0 Å². The highest BCUT2D eigenvalue weighted by Crippen LogP contribution is 2.33. The van der Waals surface area contributed by atoms with Gasteiger partial charge in [-0.15, -0.1) is 11.3 Å². The molecule has 1 aromatic carbocycles. The lowest BCUT2D eigenvalue weighted by Gasteiger charge is -2.28. The number of hydrogen-bond acceptors (Lipinski definition) is 4. The number of carbonyl (C=O) groups is 1. The van der Waals surface area contributed by atoms with Gasteiger partial charge in [0.25, 0.3) is 0 Å². The van der Waals surface area contributed by atoms with Crippen molar-refractivity contribution >= 4 is 23.3 Å². The zero-order chi connectivity index (χ0) is 17.1. The van der Waals surface area contributed by atoms with Crippen LogP contribution < -0.4 is 9.47 Å². The topological polar surface area (TPSA) is 38.8 Å². The van der Waals surface area contributed by atoms with Crippen LogP contribution >= 0.6 is 11.3 Å². The summed E-state index contributed by atoms with van der Waals surface area (Å²) in [6.07, 6.45) is 4.41. The molecule has 24 heavy (non-hydrogen) atoms. The van der Waals surface area contributed by atoms with Gasteiger partial charge in [0.1, 0.15) is 0 Å². The summed E-state index contributed by atoms with van der Waals surface area (Å²) < 4.78 is 10.7. The minimum atomic E-state index is 0.0447. The molecule has 0 N–H and O–H groups in total. The Labute approximate surface area is 146 Å². The number of rotatable bonds is 4. The minimum absolute atomic E-state index is 0.0447. The van der Waals surface area contributed by atoms with Crippen LogP contribution in [0, 0.1) is 6.92 Å². The van der Waals surface area contributed by atoms with Crippen molar-refractivity contribution in [2.24, 2.45) is 0 Å². The van der Waals surface area contributed by atoms with Crippen LogP contribution in [-0.4, -0.2) is 31.6 Å². The largest absolute Gasteiger partial charge is 0.493 e. The number of carbonyl (C=O) groups excluding carboxylic acids is 1. The summed E-state index contributed by atoms with van der Waals surface area (Å²) >= 11 is 1.65. The predicted molar refractivity (Wildman–Crippen MR) is 96.8 cm³/mol. The first-order chi connectivity index (χ1) is 11.6. The maximum Gasteiger partial charge on any atom is 0.246 e. The normalized spacial score (nSPS) is 13.9. The van der Waals surface area contributed by atoms with Crippen molar-refractivity contribution in [3.05, 3.63) is 51.2 Å². The summed E-state index contributed by atoms with van der Waals surface area (Å²) in [4.78, 5) is 15.5. The second-order valence-corrected chi connectivity index (χ2v) is 6.73. The molecule has 3 rings (SSSR count). The van der Waals surface area contributed by atoms with E-state index in [0.29, 0.717) is 12.3 Å². The highest BCUT2D eigenvalue weighted by molar-refractivity contribution is 7.11. The van der Waals surface area contributed by atoms with Gasteiger partial charge in [-0.2, -0.15) is 0 Å². The van der Waals surface area contributed by atoms with E-state index in [1.807, 2.05) is 28.5 Å². The van der Waals surface area contributed by atoms with Crippen LogP contribution in [0.1, 0.15) is 21.6 Å². The smallest absolute Gasteiger partial charge is 0.246 e. The number of aryl methyl sites for hydroxylation is 1. The number of fused-ring (bicyclic) bond motifs is 1.